The molecule has 0 aliphatic carbocycles. The number of rotatable bonds is 5. The van der Waals surface area contributed by atoms with E-state index in [0.717, 1.165) is 11.1 Å². The molecular formula is C13H18O4S. The Morgan fingerprint density at radius 1 is 1.33 bits per heavy atom. The number of carbonyl (C=O) groups is 1. The molecule has 18 heavy (non-hydrogen) atoms. The van der Waals surface area contributed by atoms with E-state index in [2.05, 4.69) is 0 Å². The number of hydrogen-bond acceptors (Lipinski definition) is 3. The molecule has 0 fully saturated rings. The van der Waals surface area contributed by atoms with Gasteiger partial charge in [-0.05, 0) is 50.5 Å². The van der Waals surface area contributed by atoms with E-state index in [1.54, 1.807) is 32.0 Å². The normalized spacial score (nSPS) is 11.8. The van der Waals surface area contributed by atoms with Crippen LogP contribution in [0.1, 0.15) is 31.4 Å². The summed E-state index contributed by atoms with van der Waals surface area (Å²) >= 11 is 0. The first kappa shape index (κ1) is 14.7. The number of carboxylic acids is 1. The third-order valence-corrected chi connectivity index (χ3v) is 5.03. The number of sulfone groups is 1. The number of aliphatic carboxylic acids is 1. The second kappa shape index (κ2) is 5.52. The molecular weight excluding hydrogens is 252 g/mol. The van der Waals surface area contributed by atoms with Crippen LogP contribution in [0.25, 0.3) is 0 Å². The molecule has 0 bridgehead atoms. The quantitative estimate of drug-likeness (QED) is 0.890. The fourth-order valence-corrected chi connectivity index (χ4v) is 2.72. The molecule has 1 aromatic carbocycles. The van der Waals surface area contributed by atoms with Crippen LogP contribution in [0, 0.1) is 6.92 Å². The third kappa shape index (κ3) is 3.32. The fourth-order valence-electron chi connectivity index (χ4n) is 1.61. The zero-order chi connectivity index (χ0) is 13.9. The van der Waals surface area contributed by atoms with Gasteiger partial charge in [-0.25, -0.2) is 8.42 Å². The van der Waals surface area contributed by atoms with E-state index in [1.165, 1.54) is 0 Å². The monoisotopic (exact) mass is 270 g/mol. The van der Waals surface area contributed by atoms with Crippen LogP contribution >= 0.6 is 0 Å². The van der Waals surface area contributed by atoms with E-state index in [9.17, 15) is 13.2 Å². The molecule has 1 rings (SSSR count). The van der Waals surface area contributed by atoms with Crippen molar-refractivity contribution in [3.63, 3.8) is 0 Å². The highest BCUT2D eigenvalue weighted by Gasteiger charge is 2.19. The average Bonchev–Trinajstić information content (AvgIpc) is 2.27. The minimum atomic E-state index is -3.30. The van der Waals surface area contributed by atoms with Crippen LogP contribution in [-0.2, 0) is 21.1 Å². The van der Waals surface area contributed by atoms with Crippen LogP contribution in [0.15, 0.2) is 23.1 Å². The molecule has 0 radical (unpaired) electrons. The number of benzene rings is 1. The van der Waals surface area contributed by atoms with Crippen LogP contribution in [0.3, 0.4) is 0 Å². The molecule has 0 aliphatic rings. The van der Waals surface area contributed by atoms with E-state index in [0.29, 0.717) is 6.42 Å². The SMILES string of the molecule is Cc1ccc(S(=O)(=O)C(C)C)cc1CCC(=O)O. The smallest absolute Gasteiger partial charge is 0.303 e. The van der Waals surface area contributed by atoms with Gasteiger partial charge in [-0.3, -0.25) is 4.79 Å². The second-order valence-electron chi connectivity index (χ2n) is 4.58. The lowest BCUT2D eigenvalue weighted by Crippen LogP contribution is -2.14. The van der Waals surface area contributed by atoms with Crippen molar-refractivity contribution >= 4 is 15.8 Å². The van der Waals surface area contributed by atoms with Gasteiger partial charge in [-0.1, -0.05) is 6.07 Å². The van der Waals surface area contributed by atoms with Crippen LogP contribution in [0.4, 0.5) is 0 Å². The lowest BCUT2D eigenvalue weighted by molar-refractivity contribution is -0.136. The van der Waals surface area contributed by atoms with Gasteiger partial charge in [0.25, 0.3) is 0 Å². The molecule has 0 unspecified atom stereocenters. The molecule has 4 nitrogen and oxygen atoms in total. The minimum absolute atomic E-state index is 0.00597. The molecule has 0 atom stereocenters. The Hall–Kier alpha value is -1.36. The molecule has 1 N–H and O–H groups in total. The zero-order valence-electron chi connectivity index (χ0n) is 10.8. The summed E-state index contributed by atoms with van der Waals surface area (Å²) in [4.78, 5) is 10.8. The second-order valence-corrected chi connectivity index (χ2v) is 7.08. The highest BCUT2D eigenvalue weighted by molar-refractivity contribution is 7.92. The summed E-state index contributed by atoms with van der Waals surface area (Å²) in [6.07, 6.45) is 0.356. The summed E-state index contributed by atoms with van der Waals surface area (Å²) < 4.78 is 24.0. The van der Waals surface area contributed by atoms with Crippen molar-refractivity contribution < 1.29 is 18.3 Å². The topological polar surface area (TPSA) is 71.4 Å². The zero-order valence-corrected chi connectivity index (χ0v) is 11.6. The lowest BCUT2D eigenvalue weighted by atomic mass is 10.0. The molecule has 0 saturated heterocycles. The number of carboxylic acid groups (broad SMARTS) is 1. The largest absolute Gasteiger partial charge is 0.481 e. The Morgan fingerprint density at radius 2 is 1.94 bits per heavy atom. The van der Waals surface area contributed by atoms with Crippen LogP contribution in [0.2, 0.25) is 0 Å². The standard InChI is InChI=1S/C13H18O4S/c1-9(2)18(16,17)12-6-4-10(3)11(8-12)5-7-13(14)15/h4,6,8-9H,5,7H2,1-3H3,(H,14,15). The number of aryl methyl sites for hydroxylation is 2. The van der Waals surface area contributed by atoms with Gasteiger partial charge in [0.2, 0.25) is 0 Å². The maximum atomic E-state index is 12.0. The molecule has 1 aromatic rings. The fraction of sp³-hybridized carbons (Fsp3) is 0.462. The van der Waals surface area contributed by atoms with Gasteiger partial charge in [0.1, 0.15) is 0 Å². The van der Waals surface area contributed by atoms with Crippen molar-refractivity contribution in [2.24, 2.45) is 0 Å². The molecule has 0 aliphatic heterocycles. The Kier molecular flexibility index (Phi) is 4.51. The molecule has 0 heterocycles. The van der Waals surface area contributed by atoms with Gasteiger partial charge in [-0.2, -0.15) is 0 Å². The summed E-state index contributed by atoms with van der Waals surface area (Å²) in [5, 5.41) is 8.19. The van der Waals surface area contributed by atoms with Crippen molar-refractivity contribution in [3.8, 4) is 0 Å². The summed E-state index contributed by atoms with van der Waals surface area (Å²) in [5.41, 5.74) is 1.69. The van der Waals surface area contributed by atoms with E-state index >= 15 is 0 Å². The Labute approximate surface area is 108 Å². The first-order valence-electron chi connectivity index (χ1n) is 5.80. The van der Waals surface area contributed by atoms with Crippen LogP contribution in [0.5, 0.6) is 0 Å². The third-order valence-electron chi connectivity index (χ3n) is 2.88. The number of hydrogen-bond donors (Lipinski definition) is 1. The highest BCUT2D eigenvalue weighted by atomic mass is 32.2. The predicted octanol–water partition coefficient (Wildman–Crippen LogP) is 2.19. The summed E-state index contributed by atoms with van der Waals surface area (Å²) in [7, 11) is -3.30. The van der Waals surface area contributed by atoms with E-state index in [-0.39, 0.29) is 11.3 Å². The van der Waals surface area contributed by atoms with Crippen molar-refractivity contribution in [2.45, 2.75) is 43.8 Å². The molecule has 100 valence electrons. The Balaban J connectivity index is 3.12. The van der Waals surface area contributed by atoms with Gasteiger partial charge in [0.15, 0.2) is 9.84 Å². The minimum Gasteiger partial charge on any atom is -0.481 e. The maximum absolute atomic E-state index is 12.0. The van der Waals surface area contributed by atoms with Gasteiger partial charge in [-0.15, -0.1) is 0 Å². The van der Waals surface area contributed by atoms with Crippen molar-refractivity contribution in [1.29, 1.82) is 0 Å². The molecule has 0 spiro atoms. The summed E-state index contributed by atoms with van der Waals surface area (Å²) in [6, 6.07) is 4.90. The molecule has 5 heteroatoms. The molecule has 0 amide bonds. The molecule has 0 aromatic heterocycles. The van der Waals surface area contributed by atoms with Gasteiger partial charge in [0, 0.05) is 6.42 Å². The van der Waals surface area contributed by atoms with Crippen molar-refractivity contribution in [1.82, 2.24) is 0 Å². The van der Waals surface area contributed by atoms with E-state index < -0.39 is 21.1 Å². The molecule has 0 saturated carbocycles. The van der Waals surface area contributed by atoms with Crippen molar-refractivity contribution in [2.75, 3.05) is 0 Å². The van der Waals surface area contributed by atoms with Gasteiger partial charge < -0.3 is 5.11 Å². The Morgan fingerprint density at radius 3 is 2.44 bits per heavy atom. The van der Waals surface area contributed by atoms with Crippen molar-refractivity contribution in [3.05, 3.63) is 29.3 Å². The van der Waals surface area contributed by atoms with Crippen LogP contribution < -0.4 is 0 Å². The van der Waals surface area contributed by atoms with E-state index in [1.807, 2.05) is 6.92 Å². The maximum Gasteiger partial charge on any atom is 0.303 e. The predicted molar refractivity (Wildman–Crippen MR) is 69.5 cm³/mol. The highest BCUT2D eigenvalue weighted by Crippen LogP contribution is 2.20. The first-order chi connectivity index (χ1) is 8.25. The first-order valence-corrected chi connectivity index (χ1v) is 7.35. The lowest BCUT2D eigenvalue weighted by Gasteiger charge is -2.11. The Bertz CT molecular complexity index is 544. The van der Waals surface area contributed by atoms with Crippen LogP contribution in [-0.4, -0.2) is 24.7 Å². The van der Waals surface area contributed by atoms with Gasteiger partial charge >= 0.3 is 5.97 Å². The summed E-state index contributed by atoms with van der Waals surface area (Å²) in [5.74, 6) is -0.883. The van der Waals surface area contributed by atoms with E-state index in [4.69, 9.17) is 5.11 Å². The average molecular weight is 270 g/mol. The summed E-state index contributed by atoms with van der Waals surface area (Å²) in [6.45, 7) is 5.11. The van der Waals surface area contributed by atoms with Gasteiger partial charge in [0.05, 0.1) is 10.1 Å².